The molecule has 2 amide bonds. The van der Waals surface area contributed by atoms with Crippen LogP contribution in [0.15, 0.2) is 36.4 Å². The van der Waals surface area contributed by atoms with Crippen LogP contribution < -0.4 is 25.0 Å². The lowest BCUT2D eigenvalue weighted by atomic mass is 9.99. The van der Waals surface area contributed by atoms with Crippen molar-refractivity contribution in [2.75, 3.05) is 50.6 Å². The van der Waals surface area contributed by atoms with Gasteiger partial charge in [-0.05, 0) is 50.2 Å². The molecule has 0 spiro atoms. The zero-order valence-corrected chi connectivity index (χ0v) is 21.4. The first-order valence-corrected chi connectivity index (χ1v) is 12.4. The highest BCUT2D eigenvalue weighted by Crippen LogP contribution is 2.41. The smallest absolute Gasteiger partial charge is 0.265 e. The fourth-order valence-corrected chi connectivity index (χ4v) is 4.32. The second kappa shape index (κ2) is 11.0. The van der Waals surface area contributed by atoms with E-state index in [4.69, 9.17) is 14.9 Å². The number of fused-ring (bicyclic) bond motifs is 1. The number of ether oxygens (including phenoxy) is 2. The van der Waals surface area contributed by atoms with Gasteiger partial charge in [0.25, 0.3) is 5.91 Å². The summed E-state index contributed by atoms with van der Waals surface area (Å²) in [5, 5.41) is 13.6. The second-order valence-corrected chi connectivity index (χ2v) is 9.66. The van der Waals surface area contributed by atoms with E-state index in [2.05, 4.69) is 27.5 Å². The molecule has 0 aliphatic carbocycles. The predicted octanol–water partition coefficient (Wildman–Crippen LogP) is 2.88. The van der Waals surface area contributed by atoms with E-state index in [0.29, 0.717) is 17.7 Å². The fourth-order valence-electron chi connectivity index (χ4n) is 4.32. The minimum Gasteiger partial charge on any atom is -0.497 e. The topological polar surface area (TPSA) is 107 Å². The molecule has 2 aliphatic heterocycles. The minimum absolute atomic E-state index is 0.0330. The number of anilines is 2. The number of methoxy groups -OCH3 is 1. The zero-order chi connectivity index (χ0) is 25.8. The lowest BCUT2D eigenvalue weighted by molar-refractivity contribution is -0.123. The minimum atomic E-state index is -0.611. The van der Waals surface area contributed by atoms with Crippen LogP contribution in [-0.2, 0) is 16.0 Å². The van der Waals surface area contributed by atoms with Crippen molar-refractivity contribution in [1.82, 2.24) is 10.2 Å². The number of hydrogen-bond acceptors (Lipinski definition) is 7. The van der Waals surface area contributed by atoms with Crippen molar-refractivity contribution in [2.45, 2.75) is 32.8 Å². The van der Waals surface area contributed by atoms with E-state index in [9.17, 15) is 9.59 Å². The molecule has 2 aromatic carbocycles. The van der Waals surface area contributed by atoms with E-state index in [0.717, 1.165) is 55.3 Å². The van der Waals surface area contributed by atoms with Crippen molar-refractivity contribution in [2.24, 2.45) is 5.92 Å². The Kier molecular flexibility index (Phi) is 7.79. The summed E-state index contributed by atoms with van der Waals surface area (Å²) in [4.78, 5) is 29.5. The lowest BCUT2D eigenvalue weighted by Crippen LogP contribution is -2.45. The number of amides is 2. The van der Waals surface area contributed by atoms with Gasteiger partial charge in [0.15, 0.2) is 6.10 Å². The highest BCUT2D eigenvalue weighted by molar-refractivity contribution is 6.07. The number of rotatable bonds is 6. The summed E-state index contributed by atoms with van der Waals surface area (Å²) in [5.74, 6) is 0.964. The Morgan fingerprint density at radius 2 is 1.81 bits per heavy atom. The van der Waals surface area contributed by atoms with Gasteiger partial charge in [0.1, 0.15) is 17.3 Å². The summed E-state index contributed by atoms with van der Waals surface area (Å²) in [5.41, 5.74) is 3.20. The number of hydrogen-bond donors (Lipinski definition) is 3. The number of piperazine rings is 1. The molecule has 36 heavy (non-hydrogen) atoms. The summed E-state index contributed by atoms with van der Waals surface area (Å²) in [7, 11) is 3.78. The van der Waals surface area contributed by atoms with Gasteiger partial charge in [-0.2, -0.15) is 0 Å². The number of aryl methyl sites for hydroxylation is 1. The quantitative estimate of drug-likeness (QED) is 0.422. The maximum absolute atomic E-state index is 13.1. The summed E-state index contributed by atoms with van der Waals surface area (Å²) in [6, 6.07) is 10.8. The number of carbonyl (C=O) groups is 2. The number of benzene rings is 2. The molecule has 2 aliphatic rings. The number of nitrogens with zero attached hydrogens (tertiary/aromatic N) is 2. The van der Waals surface area contributed by atoms with Crippen LogP contribution in [0, 0.1) is 11.3 Å². The maximum Gasteiger partial charge on any atom is 0.265 e. The largest absolute Gasteiger partial charge is 0.497 e. The predicted molar refractivity (Wildman–Crippen MR) is 140 cm³/mol. The van der Waals surface area contributed by atoms with Crippen molar-refractivity contribution < 1.29 is 19.1 Å². The van der Waals surface area contributed by atoms with E-state index in [-0.39, 0.29) is 23.6 Å². The average Bonchev–Trinajstić information content (AvgIpc) is 2.88. The van der Waals surface area contributed by atoms with Crippen molar-refractivity contribution in [3.63, 3.8) is 0 Å². The normalized spacial score (nSPS) is 17.7. The molecule has 0 saturated carbocycles. The van der Waals surface area contributed by atoms with Crippen LogP contribution in [0.4, 0.5) is 11.4 Å². The molecular weight excluding hydrogens is 458 g/mol. The number of carbonyl (C=O) groups excluding carboxylic acids is 2. The third kappa shape index (κ3) is 5.79. The first kappa shape index (κ1) is 25.5. The van der Waals surface area contributed by atoms with Crippen LogP contribution in [0.2, 0.25) is 0 Å². The molecule has 192 valence electrons. The highest BCUT2D eigenvalue weighted by atomic mass is 16.5. The third-order valence-electron chi connectivity index (χ3n) is 6.64. The van der Waals surface area contributed by atoms with Gasteiger partial charge < -0.3 is 29.9 Å². The van der Waals surface area contributed by atoms with Crippen LogP contribution >= 0.6 is 0 Å². The van der Waals surface area contributed by atoms with Crippen molar-refractivity contribution >= 4 is 29.0 Å². The van der Waals surface area contributed by atoms with Crippen LogP contribution in [0.5, 0.6) is 11.5 Å². The Bertz CT molecular complexity index is 1120. The van der Waals surface area contributed by atoms with Gasteiger partial charge in [-0.25, -0.2) is 0 Å². The highest BCUT2D eigenvalue weighted by Gasteiger charge is 2.31. The van der Waals surface area contributed by atoms with Gasteiger partial charge in [0.05, 0.1) is 12.8 Å². The summed E-state index contributed by atoms with van der Waals surface area (Å²) >= 11 is 0. The van der Waals surface area contributed by atoms with Crippen LogP contribution in [0.3, 0.4) is 0 Å². The molecule has 1 saturated heterocycles. The molecule has 9 heteroatoms. The molecule has 1 fully saturated rings. The monoisotopic (exact) mass is 493 g/mol. The van der Waals surface area contributed by atoms with E-state index in [1.165, 1.54) is 0 Å². The summed E-state index contributed by atoms with van der Waals surface area (Å²) in [6.45, 7) is 7.24. The van der Waals surface area contributed by atoms with E-state index in [1.807, 2.05) is 12.1 Å². The maximum atomic E-state index is 13.1. The van der Waals surface area contributed by atoms with Gasteiger partial charge in [0.2, 0.25) is 5.91 Å². The Morgan fingerprint density at radius 3 is 2.44 bits per heavy atom. The fraction of sp³-hybridized carbons (Fsp3) is 0.444. The van der Waals surface area contributed by atoms with E-state index >= 15 is 0 Å². The molecule has 0 bridgehead atoms. The molecule has 2 heterocycles. The molecule has 4 rings (SSSR count). The molecule has 2 aromatic rings. The van der Waals surface area contributed by atoms with Crippen molar-refractivity contribution in [3.05, 3.63) is 47.5 Å². The summed E-state index contributed by atoms with van der Waals surface area (Å²) in [6.07, 6.45) is 0.676. The van der Waals surface area contributed by atoms with Crippen LogP contribution in [0.25, 0.3) is 0 Å². The molecule has 0 radical (unpaired) electrons. The van der Waals surface area contributed by atoms with E-state index < -0.39 is 6.10 Å². The zero-order valence-electron chi connectivity index (χ0n) is 21.4. The van der Waals surface area contributed by atoms with Gasteiger partial charge >= 0.3 is 0 Å². The Balaban J connectivity index is 1.44. The number of likely N-dealkylation sites (N-methyl/N-ethyl adjacent to an activating group) is 1. The number of amidine groups is 1. The molecule has 1 unspecified atom stereocenters. The number of nitrogens with one attached hydrogen (secondary N) is 3. The standard InChI is InChI=1S/C27H35N5O4/c1-17(2)26(33)30-25(28)18-5-8-20(9-6-18)29-27(34)23-10-7-19-15-21(35-4)16-22(24(19)36-23)32-13-11-31(3)12-14-32/h5-6,8-9,15-17,23H,7,10-14H2,1-4H3,(H,29,34)(H2,28,30,33). The van der Waals surface area contributed by atoms with Gasteiger partial charge in [-0.3, -0.25) is 15.0 Å². The Morgan fingerprint density at radius 1 is 1.11 bits per heavy atom. The third-order valence-corrected chi connectivity index (χ3v) is 6.64. The van der Waals surface area contributed by atoms with Gasteiger partial charge in [0, 0.05) is 55.0 Å². The molecule has 3 N–H and O–H groups in total. The average molecular weight is 494 g/mol. The SMILES string of the molecule is COc1cc2c(c(N3CCN(C)CC3)c1)OC(C(=O)Nc1ccc(C(=N)NC(=O)C(C)C)cc1)CC2. The van der Waals surface area contributed by atoms with Crippen LogP contribution in [-0.4, -0.2) is 69.0 Å². The van der Waals surface area contributed by atoms with Crippen LogP contribution in [0.1, 0.15) is 31.4 Å². The molecular formula is C27H35N5O4. The van der Waals surface area contributed by atoms with Crippen molar-refractivity contribution in [1.29, 1.82) is 5.41 Å². The molecule has 1 atom stereocenters. The molecule has 0 aromatic heterocycles. The Labute approximate surface area is 212 Å². The van der Waals surface area contributed by atoms with Crippen molar-refractivity contribution in [3.8, 4) is 11.5 Å². The molecule has 9 nitrogen and oxygen atoms in total. The van der Waals surface area contributed by atoms with E-state index in [1.54, 1.807) is 45.2 Å². The first-order chi connectivity index (χ1) is 17.2. The summed E-state index contributed by atoms with van der Waals surface area (Å²) < 4.78 is 11.8. The van der Waals surface area contributed by atoms with Gasteiger partial charge in [-0.15, -0.1) is 0 Å². The Hall–Kier alpha value is -3.59. The first-order valence-electron chi connectivity index (χ1n) is 12.4. The lowest BCUT2D eigenvalue weighted by Gasteiger charge is -2.37. The second-order valence-electron chi connectivity index (χ2n) is 9.66. The van der Waals surface area contributed by atoms with Gasteiger partial charge in [-0.1, -0.05) is 13.8 Å².